The number of fused-ring (bicyclic) bond motifs is 1. The molecule has 2 amide bonds. The van der Waals surface area contributed by atoms with E-state index in [1.165, 1.54) is 16.7 Å². The SMILES string of the molecule is CCC(Oc1ccccc1)C(=O)NC1C(=O)N2[C@@H]1SC(C)(C)[C@@H]2C(=O)O. The number of β-lactam (4-membered cyclic amide) rings is 1. The number of nitrogens with zero attached hydrogens (tertiary/aromatic N) is 1. The second-order valence-electron chi connectivity index (χ2n) is 6.91. The number of benzene rings is 1. The van der Waals surface area contributed by atoms with Crippen LogP contribution in [0.15, 0.2) is 30.3 Å². The largest absolute Gasteiger partial charge is 0.481 e. The fourth-order valence-electron chi connectivity index (χ4n) is 3.38. The Kier molecular flexibility index (Phi) is 4.88. The number of thioether (sulfide) groups is 1. The molecule has 140 valence electrons. The quantitative estimate of drug-likeness (QED) is 0.728. The Morgan fingerprint density at radius 3 is 2.58 bits per heavy atom. The second-order valence-corrected chi connectivity index (χ2v) is 8.68. The molecule has 2 saturated heterocycles. The zero-order chi connectivity index (χ0) is 19.1. The molecule has 1 aromatic rings. The number of carbonyl (C=O) groups excluding carboxylic acids is 2. The number of ether oxygens (including phenoxy) is 1. The van der Waals surface area contributed by atoms with Crippen LogP contribution in [0.4, 0.5) is 0 Å². The summed E-state index contributed by atoms with van der Waals surface area (Å²) in [5.74, 6) is -1.17. The smallest absolute Gasteiger partial charge is 0.327 e. The lowest BCUT2D eigenvalue weighted by Gasteiger charge is -2.43. The number of carboxylic acid groups (broad SMARTS) is 1. The van der Waals surface area contributed by atoms with Crippen molar-refractivity contribution >= 4 is 29.5 Å². The number of hydrogen-bond donors (Lipinski definition) is 2. The maximum absolute atomic E-state index is 12.6. The summed E-state index contributed by atoms with van der Waals surface area (Å²) in [6.07, 6.45) is -0.263. The number of para-hydroxylation sites is 1. The number of amides is 2. The highest BCUT2D eigenvalue weighted by molar-refractivity contribution is 8.01. The molecule has 8 heteroatoms. The van der Waals surface area contributed by atoms with Crippen LogP contribution in [0.5, 0.6) is 5.75 Å². The first-order valence-corrected chi connectivity index (χ1v) is 9.39. The van der Waals surface area contributed by atoms with Crippen LogP contribution in [0.3, 0.4) is 0 Å². The topological polar surface area (TPSA) is 95.9 Å². The summed E-state index contributed by atoms with van der Waals surface area (Å²) < 4.78 is 5.09. The Morgan fingerprint density at radius 1 is 1.35 bits per heavy atom. The van der Waals surface area contributed by atoms with Crippen LogP contribution in [0.2, 0.25) is 0 Å². The first-order valence-electron chi connectivity index (χ1n) is 8.51. The molecule has 2 heterocycles. The van der Waals surface area contributed by atoms with Gasteiger partial charge < -0.3 is 20.1 Å². The number of hydrogen-bond acceptors (Lipinski definition) is 5. The van der Waals surface area contributed by atoms with Crippen molar-refractivity contribution in [3.63, 3.8) is 0 Å². The lowest BCUT2D eigenvalue weighted by molar-refractivity contribution is -0.161. The second kappa shape index (κ2) is 6.83. The molecule has 0 aromatic heterocycles. The Hall–Kier alpha value is -2.22. The minimum absolute atomic E-state index is 0.358. The van der Waals surface area contributed by atoms with Crippen LogP contribution in [-0.4, -0.2) is 56.1 Å². The molecule has 7 nitrogen and oxygen atoms in total. The molecule has 3 rings (SSSR count). The molecule has 4 atom stereocenters. The number of nitrogens with one attached hydrogen (secondary N) is 1. The summed E-state index contributed by atoms with van der Waals surface area (Å²) in [7, 11) is 0. The number of carboxylic acids is 1. The summed E-state index contributed by atoms with van der Waals surface area (Å²) in [6.45, 7) is 5.43. The van der Waals surface area contributed by atoms with Gasteiger partial charge in [-0.15, -0.1) is 11.8 Å². The van der Waals surface area contributed by atoms with E-state index in [-0.39, 0.29) is 17.2 Å². The summed E-state index contributed by atoms with van der Waals surface area (Å²) in [4.78, 5) is 37.9. The Bertz CT molecular complexity index is 724. The molecule has 2 fully saturated rings. The van der Waals surface area contributed by atoms with E-state index in [1.807, 2.05) is 25.1 Å². The fourth-order valence-corrected chi connectivity index (χ4v) is 5.00. The van der Waals surface area contributed by atoms with E-state index in [4.69, 9.17) is 4.74 Å². The van der Waals surface area contributed by atoms with Gasteiger partial charge in [-0.05, 0) is 32.4 Å². The molecule has 1 aromatic carbocycles. The minimum Gasteiger partial charge on any atom is -0.481 e. The van der Waals surface area contributed by atoms with Gasteiger partial charge in [0, 0.05) is 4.75 Å². The first-order chi connectivity index (χ1) is 12.3. The maximum Gasteiger partial charge on any atom is 0.327 e. The first kappa shape index (κ1) is 18.6. The van der Waals surface area contributed by atoms with E-state index in [1.54, 1.807) is 26.0 Å². The van der Waals surface area contributed by atoms with Crippen molar-refractivity contribution in [1.29, 1.82) is 0 Å². The van der Waals surface area contributed by atoms with Crippen molar-refractivity contribution in [2.24, 2.45) is 0 Å². The van der Waals surface area contributed by atoms with Crippen LogP contribution in [-0.2, 0) is 14.4 Å². The van der Waals surface area contributed by atoms with E-state index < -0.39 is 28.9 Å². The third-order valence-electron chi connectivity index (χ3n) is 4.66. The summed E-state index contributed by atoms with van der Waals surface area (Å²) in [5, 5.41) is 11.8. The molecular weight excluding hydrogens is 356 g/mol. The van der Waals surface area contributed by atoms with E-state index >= 15 is 0 Å². The lowest BCUT2D eigenvalue weighted by Crippen LogP contribution is -2.71. The predicted molar refractivity (Wildman–Crippen MR) is 96.8 cm³/mol. The maximum atomic E-state index is 12.6. The van der Waals surface area contributed by atoms with Gasteiger partial charge in [0.1, 0.15) is 23.2 Å². The van der Waals surface area contributed by atoms with E-state index in [9.17, 15) is 19.5 Å². The fraction of sp³-hybridized carbons (Fsp3) is 0.500. The Labute approximate surface area is 156 Å². The van der Waals surface area contributed by atoms with Crippen LogP contribution < -0.4 is 10.1 Å². The average Bonchev–Trinajstić information content (AvgIpc) is 2.86. The minimum atomic E-state index is -1.03. The van der Waals surface area contributed by atoms with E-state index in [0.29, 0.717) is 12.2 Å². The summed E-state index contributed by atoms with van der Waals surface area (Å²) in [5.41, 5.74) is 0. The van der Waals surface area contributed by atoms with Crippen LogP contribution in [0.25, 0.3) is 0 Å². The highest BCUT2D eigenvalue weighted by Gasteiger charge is 2.64. The van der Waals surface area contributed by atoms with Crippen LogP contribution in [0, 0.1) is 0 Å². The van der Waals surface area contributed by atoms with Crippen molar-refractivity contribution in [2.45, 2.75) is 55.5 Å². The molecule has 2 aliphatic heterocycles. The highest BCUT2D eigenvalue weighted by Crippen LogP contribution is 2.50. The molecule has 0 aliphatic carbocycles. The molecule has 2 unspecified atom stereocenters. The molecular formula is C18H22N2O5S. The van der Waals surface area contributed by atoms with Gasteiger partial charge in [0.15, 0.2) is 6.10 Å². The van der Waals surface area contributed by atoms with E-state index in [2.05, 4.69) is 5.32 Å². The predicted octanol–water partition coefficient (Wildman–Crippen LogP) is 1.48. The van der Waals surface area contributed by atoms with Gasteiger partial charge in [0.25, 0.3) is 5.91 Å². The average molecular weight is 378 g/mol. The van der Waals surface area contributed by atoms with E-state index in [0.717, 1.165) is 0 Å². The molecule has 0 spiro atoms. The van der Waals surface area contributed by atoms with Gasteiger partial charge in [0.2, 0.25) is 5.91 Å². The third kappa shape index (κ3) is 3.13. The lowest BCUT2D eigenvalue weighted by atomic mass is 9.96. The van der Waals surface area contributed by atoms with Gasteiger partial charge in [-0.25, -0.2) is 4.79 Å². The standard InChI is InChI=1S/C18H22N2O5S/c1-4-11(25-10-8-6-5-7-9-10)14(21)19-12-15(22)20-13(17(23)24)18(2,3)26-16(12)20/h5-9,11-13,16H,4H2,1-3H3,(H,19,21)(H,23,24)/t11?,12?,13-,16+/m0/s1. The molecule has 0 radical (unpaired) electrons. The van der Waals surface area contributed by atoms with Gasteiger partial charge in [-0.1, -0.05) is 25.1 Å². The Balaban J connectivity index is 1.67. The number of carbonyl (C=O) groups is 3. The van der Waals surface area contributed by atoms with Crippen molar-refractivity contribution < 1.29 is 24.2 Å². The molecule has 2 aliphatic rings. The van der Waals surface area contributed by atoms with Crippen LogP contribution >= 0.6 is 11.8 Å². The van der Waals surface area contributed by atoms with Crippen molar-refractivity contribution in [3.05, 3.63) is 30.3 Å². The third-order valence-corrected chi connectivity index (χ3v) is 6.23. The van der Waals surface area contributed by atoms with Crippen LogP contribution in [0.1, 0.15) is 27.2 Å². The van der Waals surface area contributed by atoms with Crippen molar-refractivity contribution in [1.82, 2.24) is 10.2 Å². The van der Waals surface area contributed by atoms with Gasteiger partial charge in [0.05, 0.1) is 0 Å². The molecule has 0 saturated carbocycles. The van der Waals surface area contributed by atoms with Gasteiger partial charge in [-0.3, -0.25) is 9.59 Å². The molecule has 26 heavy (non-hydrogen) atoms. The number of rotatable bonds is 6. The zero-order valence-corrected chi connectivity index (χ0v) is 15.7. The van der Waals surface area contributed by atoms with Gasteiger partial charge in [-0.2, -0.15) is 0 Å². The summed E-state index contributed by atoms with van der Waals surface area (Å²) in [6, 6.07) is 7.41. The van der Waals surface area contributed by atoms with Crippen molar-refractivity contribution in [3.8, 4) is 5.75 Å². The van der Waals surface area contributed by atoms with Gasteiger partial charge >= 0.3 is 5.97 Å². The van der Waals surface area contributed by atoms with Crippen molar-refractivity contribution in [2.75, 3.05) is 0 Å². The Morgan fingerprint density at radius 2 is 2.00 bits per heavy atom. The highest BCUT2D eigenvalue weighted by atomic mass is 32.2. The monoisotopic (exact) mass is 378 g/mol. The number of aliphatic carboxylic acids is 1. The normalized spacial score (nSPS) is 27.3. The zero-order valence-electron chi connectivity index (χ0n) is 14.8. The molecule has 2 N–H and O–H groups in total. The summed E-state index contributed by atoms with van der Waals surface area (Å²) >= 11 is 1.40. The molecule has 0 bridgehead atoms.